The van der Waals surface area contributed by atoms with Crippen molar-refractivity contribution in [2.75, 3.05) is 4.90 Å². The summed E-state index contributed by atoms with van der Waals surface area (Å²) < 4.78 is 7.84. The van der Waals surface area contributed by atoms with E-state index in [9.17, 15) is 0 Å². The summed E-state index contributed by atoms with van der Waals surface area (Å²) in [6.07, 6.45) is 0. The van der Waals surface area contributed by atoms with Crippen molar-refractivity contribution in [2.45, 2.75) is 57.8 Å². The van der Waals surface area contributed by atoms with Crippen molar-refractivity contribution >= 4 is 106 Å². The van der Waals surface area contributed by atoms with Crippen molar-refractivity contribution in [3.05, 3.63) is 282 Å². The Balaban J connectivity index is 1.01. The highest BCUT2D eigenvalue weighted by atomic mass is 15.2. The molecule has 19 rings (SSSR count). The summed E-state index contributed by atoms with van der Waals surface area (Å²) in [5.74, 6) is 0. The van der Waals surface area contributed by atoms with E-state index in [1.807, 2.05) is 0 Å². The minimum atomic E-state index is -0.531. The summed E-state index contributed by atoms with van der Waals surface area (Å²) in [5, 5.41) is 7.56. The van der Waals surface area contributed by atoms with Gasteiger partial charge in [-0.25, -0.2) is 0 Å². The zero-order valence-corrected chi connectivity index (χ0v) is 49.0. The van der Waals surface area contributed by atoms with Crippen LogP contribution in [0.25, 0.3) is 105 Å². The summed E-state index contributed by atoms with van der Waals surface area (Å²) in [6.45, 7) is 14.0. The van der Waals surface area contributed by atoms with Crippen LogP contribution in [0.3, 0.4) is 0 Å². The van der Waals surface area contributed by atoms with Crippen LogP contribution in [0.1, 0.15) is 74.9 Å². The number of aromatic nitrogens is 3. The number of anilines is 3. The summed E-state index contributed by atoms with van der Waals surface area (Å²) >= 11 is 0. The molecule has 0 N–H and O–H groups in total. The second-order valence-corrected chi connectivity index (χ2v) is 26.8. The van der Waals surface area contributed by atoms with Crippen molar-refractivity contribution < 1.29 is 0 Å². The molecule has 2 aliphatic heterocycles. The molecule has 1 spiro atoms. The smallest absolute Gasteiger partial charge is 0.252 e. The summed E-state index contributed by atoms with van der Waals surface area (Å²) in [4.78, 5) is 2.64. The standard InChI is InChI=1S/C81H59BN4/c1-79(2,3)48-40-49(80(4,5)6)42-51(41-48)85-70-38-22-15-31-58(70)61-46-67-78-75(77(61)85)59-32-16-23-39-71(59)86(78)74-44-52(84-68-36-20-13-29-56(68)57-30-14-21-37-69(57)84)43-73-76(74)82(67)66-45-60-55-28-12-19-35-64(55)81(65(60)47-72(66)83(73)50-24-8-7-9-25-50)62-33-17-10-26-53(62)54-27-11-18-34-63(54)81/h7-47H,1-6H3. The molecule has 4 nitrogen and oxygen atoms in total. The van der Waals surface area contributed by atoms with Crippen LogP contribution in [0.5, 0.6) is 0 Å². The average molecular weight is 1100 g/mol. The number of hydrogen-bond donors (Lipinski definition) is 0. The molecule has 15 aromatic rings. The van der Waals surface area contributed by atoms with Gasteiger partial charge in [-0.1, -0.05) is 224 Å². The first-order valence-corrected chi connectivity index (χ1v) is 30.6. The predicted octanol–water partition coefficient (Wildman–Crippen LogP) is 18.5. The number of nitrogens with zero attached hydrogens (tertiary/aromatic N) is 4. The molecule has 0 radical (unpaired) electrons. The first-order chi connectivity index (χ1) is 42.0. The van der Waals surface area contributed by atoms with Gasteiger partial charge in [-0.05, 0) is 150 Å². The number of para-hydroxylation sites is 5. The third-order valence-electron chi connectivity index (χ3n) is 20.3. The van der Waals surface area contributed by atoms with E-state index < -0.39 is 5.41 Å². The van der Waals surface area contributed by atoms with Crippen LogP contribution in [0.4, 0.5) is 17.1 Å². The second kappa shape index (κ2) is 16.6. The van der Waals surface area contributed by atoms with Gasteiger partial charge in [0.1, 0.15) is 0 Å². The van der Waals surface area contributed by atoms with E-state index in [1.54, 1.807) is 0 Å². The lowest BCUT2D eigenvalue weighted by atomic mass is 9.33. The van der Waals surface area contributed by atoms with Crippen LogP contribution in [-0.4, -0.2) is 20.4 Å². The van der Waals surface area contributed by atoms with Gasteiger partial charge in [-0.15, -0.1) is 0 Å². The molecule has 406 valence electrons. The van der Waals surface area contributed by atoms with Crippen LogP contribution in [0.15, 0.2) is 249 Å². The molecule has 5 heteroatoms. The lowest BCUT2D eigenvalue weighted by Crippen LogP contribution is -2.60. The van der Waals surface area contributed by atoms with Crippen molar-refractivity contribution in [1.82, 2.24) is 13.7 Å². The topological polar surface area (TPSA) is 18.0 Å². The summed E-state index contributed by atoms with van der Waals surface area (Å²) in [6, 6.07) is 95.8. The van der Waals surface area contributed by atoms with Crippen molar-refractivity contribution in [3.63, 3.8) is 0 Å². The van der Waals surface area contributed by atoms with E-state index >= 15 is 0 Å². The highest BCUT2D eigenvalue weighted by molar-refractivity contribution is 7.00. The Morgan fingerprint density at radius 1 is 0.314 bits per heavy atom. The van der Waals surface area contributed by atoms with Gasteiger partial charge in [-0.2, -0.15) is 0 Å². The van der Waals surface area contributed by atoms with E-state index in [2.05, 4.69) is 309 Å². The largest absolute Gasteiger partial charge is 0.311 e. The maximum absolute atomic E-state index is 2.68. The number of fused-ring (bicyclic) bond motifs is 24. The van der Waals surface area contributed by atoms with Crippen molar-refractivity contribution in [3.8, 4) is 39.3 Å². The van der Waals surface area contributed by atoms with E-state index in [0.717, 1.165) is 11.4 Å². The summed E-state index contributed by atoms with van der Waals surface area (Å²) in [7, 11) is 0. The van der Waals surface area contributed by atoms with Gasteiger partial charge in [0, 0.05) is 60.8 Å². The molecule has 86 heavy (non-hydrogen) atoms. The summed E-state index contributed by atoms with van der Waals surface area (Å²) in [5.41, 5.74) is 30.9. The highest BCUT2D eigenvalue weighted by Gasteiger charge is 2.53. The lowest BCUT2D eigenvalue weighted by molar-refractivity contribution is 0.568. The molecule has 0 atom stereocenters. The lowest BCUT2D eigenvalue weighted by Gasteiger charge is -2.42. The molecule has 0 fully saturated rings. The van der Waals surface area contributed by atoms with Crippen LogP contribution in [0, 0.1) is 0 Å². The van der Waals surface area contributed by atoms with Crippen LogP contribution >= 0.6 is 0 Å². The fourth-order valence-corrected chi connectivity index (χ4v) is 16.6. The molecule has 0 bridgehead atoms. The molecule has 12 aromatic carbocycles. The van der Waals surface area contributed by atoms with Gasteiger partial charge in [0.2, 0.25) is 0 Å². The Bertz CT molecular complexity index is 5390. The molecule has 2 aliphatic carbocycles. The molecule has 0 saturated carbocycles. The van der Waals surface area contributed by atoms with Gasteiger partial charge >= 0.3 is 0 Å². The quantitative estimate of drug-likeness (QED) is 0.161. The third kappa shape index (κ3) is 6.05. The SMILES string of the molecule is CC(C)(C)c1cc(-n2c3ccccc3c3cc4c5c(c6ccccc6n5-c5cc(-n6c7ccccc7c7ccccc76)cc6c5B4c4cc5c(cc4N6c4ccccc4)C4(c6ccccc6-c6ccccc64)c4ccccc4-5)c32)cc(C(C)(C)C)c1. The van der Waals surface area contributed by atoms with Gasteiger partial charge in [0.25, 0.3) is 6.71 Å². The molecule has 4 aliphatic rings. The zero-order valence-electron chi connectivity index (χ0n) is 49.0. The minimum Gasteiger partial charge on any atom is -0.311 e. The molecule has 5 heterocycles. The number of benzene rings is 12. The Morgan fingerprint density at radius 3 is 1.36 bits per heavy atom. The average Bonchev–Trinajstić information content (AvgIpc) is 1.45. The maximum Gasteiger partial charge on any atom is 0.252 e. The Hall–Kier alpha value is -10.1. The first-order valence-electron chi connectivity index (χ1n) is 30.6. The number of hydrogen-bond acceptors (Lipinski definition) is 1. The minimum absolute atomic E-state index is 0.0729. The fraction of sp³-hybridized carbons (Fsp3) is 0.111. The Labute approximate surface area is 500 Å². The van der Waals surface area contributed by atoms with Crippen LogP contribution in [-0.2, 0) is 16.2 Å². The molecule has 0 saturated heterocycles. The van der Waals surface area contributed by atoms with E-state index in [-0.39, 0.29) is 17.5 Å². The molecule has 3 aromatic heterocycles. The molecular formula is C81H59BN4. The molecular weight excluding hydrogens is 1040 g/mol. The van der Waals surface area contributed by atoms with Crippen LogP contribution in [0.2, 0.25) is 0 Å². The molecule has 0 unspecified atom stereocenters. The van der Waals surface area contributed by atoms with E-state index in [0.29, 0.717) is 0 Å². The predicted molar refractivity (Wildman–Crippen MR) is 362 cm³/mol. The Morgan fingerprint density at radius 2 is 0.779 bits per heavy atom. The van der Waals surface area contributed by atoms with Crippen molar-refractivity contribution in [2.24, 2.45) is 0 Å². The monoisotopic (exact) mass is 1100 g/mol. The third-order valence-corrected chi connectivity index (χ3v) is 20.3. The highest BCUT2D eigenvalue weighted by Crippen LogP contribution is 2.63. The fourth-order valence-electron chi connectivity index (χ4n) is 16.6. The van der Waals surface area contributed by atoms with Crippen LogP contribution < -0.4 is 21.3 Å². The first kappa shape index (κ1) is 48.3. The van der Waals surface area contributed by atoms with Gasteiger partial charge < -0.3 is 18.6 Å². The van der Waals surface area contributed by atoms with E-state index in [1.165, 1.54) is 160 Å². The maximum atomic E-state index is 2.68. The van der Waals surface area contributed by atoms with E-state index in [4.69, 9.17) is 0 Å². The normalized spacial score (nSPS) is 14.2. The van der Waals surface area contributed by atoms with Gasteiger partial charge in [0.05, 0.1) is 44.2 Å². The van der Waals surface area contributed by atoms with Gasteiger partial charge in [-0.3, -0.25) is 0 Å². The zero-order chi connectivity index (χ0) is 57.3. The Kier molecular flexibility index (Phi) is 9.33. The second-order valence-electron chi connectivity index (χ2n) is 26.8. The number of rotatable bonds is 3. The molecule has 0 amide bonds. The van der Waals surface area contributed by atoms with Crippen molar-refractivity contribution in [1.29, 1.82) is 0 Å². The van der Waals surface area contributed by atoms with Gasteiger partial charge in [0.15, 0.2) is 0 Å².